The van der Waals surface area contributed by atoms with Gasteiger partial charge in [0.25, 0.3) is 0 Å². The standard InChI is InChI=1S/C7H6O2S/c8-6-3-1-5(2-4-6)7(9)10/h1-4,8H,(H,9,10)/p-1. The van der Waals surface area contributed by atoms with Gasteiger partial charge in [0.15, 0.2) is 0 Å². The van der Waals surface area contributed by atoms with Crippen LogP contribution in [0.15, 0.2) is 24.3 Å². The topological polar surface area (TPSA) is 37.3 Å². The number of phenols is 1. The summed E-state index contributed by atoms with van der Waals surface area (Å²) in [6.07, 6.45) is 0. The molecule has 0 aromatic heterocycles. The van der Waals surface area contributed by atoms with Crippen LogP contribution in [-0.2, 0) is 12.6 Å². The average Bonchev–Trinajstić information content (AvgIpc) is 1.88. The maximum atomic E-state index is 10.5. The first-order valence-corrected chi connectivity index (χ1v) is 3.11. The Balaban J connectivity index is 3.00. The molecule has 0 amide bonds. The molecule has 0 spiro atoms. The molecule has 0 aliphatic rings. The van der Waals surface area contributed by atoms with Gasteiger partial charge in [-0.05, 0) is 29.8 Å². The Labute approximate surface area is 63.9 Å². The molecule has 0 heterocycles. The highest BCUT2D eigenvalue weighted by Crippen LogP contribution is 2.09. The van der Waals surface area contributed by atoms with Crippen molar-refractivity contribution in [2.45, 2.75) is 0 Å². The monoisotopic (exact) mass is 153 g/mol. The van der Waals surface area contributed by atoms with E-state index in [0.717, 1.165) is 0 Å². The third kappa shape index (κ3) is 1.45. The van der Waals surface area contributed by atoms with E-state index in [0.29, 0.717) is 5.56 Å². The molecule has 3 heteroatoms. The van der Waals surface area contributed by atoms with E-state index in [1.165, 1.54) is 24.3 Å². The molecule has 0 fully saturated rings. The van der Waals surface area contributed by atoms with Crippen LogP contribution in [0.25, 0.3) is 0 Å². The van der Waals surface area contributed by atoms with E-state index >= 15 is 0 Å². The van der Waals surface area contributed by atoms with Crippen molar-refractivity contribution < 1.29 is 9.90 Å². The van der Waals surface area contributed by atoms with Gasteiger partial charge in [0.1, 0.15) is 5.75 Å². The summed E-state index contributed by atoms with van der Waals surface area (Å²) >= 11 is 4.37. The van der Waals surface area contributed by atoms with Gasteiger partial charge >= 0.3 is 0 Å². The highest BCUT2D eigenvalue weighted by Gasteiger charge is 1.90. The summed E-state index contributed by atoms with van der Waals surface area (Å²) in [6.45, 7) is 0. The lowest BCUT2D eigenvalue weighted by Gasteiger charge is -2.01. The van der Waals surface area contributed by atoms with Crippen molar-refractivity contribution in [3.63, 3.8) is 0 Å². The van der Waals surface area contributed by atoms with E-state index in [9.17, 15) is 4.79 Å². The molecule has 0 aliphatic carbocycles. The Kier molecular flexibility index (Phi) is 1.87. The minimum absolute atomic E-state index is 0.139. The Bertz CT molecular complexity index is 240. The first-order valence-electron chi connectivity index (χ1n) is 2.70. The Morgan fingerprint density at radius 1 is 1.30 bits per heavy atom. The Morgan fingerprint density at radius 2 is 1.80 bits per heavy atom. The fourth-order valence-corrected chi connectivity index (χ4v) is 0.734. The summed E-state index contributed by atoms with van der Waals surface area (Å²) in [7, 11) is 0. The predicted octanol–water partition coefficient (Wildman–Crippen LogP) is 1.08. The van der Waals surface area contributed by atoms with Gasteiger partial charge in [-0.1, -0.05) is 0 Å². The second-order valence-electron chi connectivity index (χ2n) is 1.83. The molecule has 0 aliphatic heterocycles. The molecular weight excluding hydrogens is 148 g/mol. The lowest BCUT2D eigenvalue weighted by Crippen LogP contribution is -1.90. The van der Waals surface area contributed by atoms with Gasteiger partial charge in [0.2, 0.25) is 0 Å². The number of hydrogen-bond donors (Lipinski definition) is 1. The van der Waals surface area contributed by atoms with Crippen molar-refractivity contribution in [2.75, 3.05) is 0 Å². The van der Waals surface area contributed by atoms with E-state index in [1.54, 1.807) is 0 Å². The van der Waals surface area contributed by atoms with Gasteiger partial charge in [-0.15, -0.1) is 0 Å². The fraction of sp³-hybridized carbons (Fsp3) is 0. The highest BCUT2D eigenvalue weighted by atomic mass is 32.1. The van der Waals surface area contributed by atoms with Gasteiger partial charge in [0.05, 0.1) is 0 Å². The van der Waals surface area contributed by atoms with Crippen LogP contribution in [0, 0.1) is 0 Å². The van der Waals surface area contributed by atoms with Crippen molar-refractivity contribution >= 4 is 17.7 Å². The lowest BCUT2D eigenvalue weighted by atomic mass is 10.2. The van der Waals surface area contributed by atoms with Crippen LogP contribution >= 0.6 is 0 Å². The molecule has 0 unspecified atom stereocenters. The van der Waals surface area contributed by atoms with Crippen LogP contribution in [0.1, 0.15) is 10.4 Å². The average molecular weight is 153 g/mol. The SMILES string of the molecule is O=C([S-])c1ccc(O)cc1. The summed E-state index contributed by atoms with van der Waals surface area (Å²) in [5, 5.41) is 8.39. The normalized spacial score (nSPS) is 9.20. The summed E-state index contributed by atoms with van der Waals surface area (Å²) in [5.41, 5.74) is 0.438. The van der Waals surface area contributed by atoms with E-state index in [2.05, 4.69) is 12.6 Å². The molecule has 0 bridgehead atoms. The molecule has 1 N–H and O–H groups in total. The van der Waals surface area contributed by atoms with Crippen LogP contribution in [0.4, 0.5) is 0 Å². The van der Waals surface area contributed by atoms with Crippen LogP contribution in [0.3, 0.4) is 0 Å². The molecule has 10 heavy (non-hydrogen) atoms. The molecule has 1 rings (SSSR count). The van der Waals surface area contributed by atoms with E-state index in [4.69, 9.17) is 5.11 Å². The fourth-order valence-electron chi connectivity index (χ4n) is 0.598. The summed E-state index contributed by atoms with van der Waals surface area (Å²) in [5.74, 6) is 0.139. The van der Waals surface area contributed by atoms with Gasteiger partial charge < -0.3 is 22.5 Å². The predicted molar refractivity (Wildman–Crippen MR) is 39.8 cm³/mol. The zero-order valence-electron chi connectivity index (χ0n) is 5.07. The summed E-state index contributed by atoms with van der Waals surface area (Å²) in [4.78, 5) is 10.5. The van der Waals surface area contributed by atoms with Crippen LogP contribution in [0.2, 0.25) is 0 Å². The van der Waals surface area contributed by atoms with E-state index in [1.807, 2.05) is 0 Å². The van der Waals surface area contributed by atoms with Crippen molar-refractivity contribution in [3.05, 3.63) is 29.8 Å². The van der Waals surface area contributed by atoms with Crippen molar-refractivity contribution in [3.8, 4) is 5.75 Å². The van der Waals surface area contributed by atoms with Crippen LogP contribution < -0.4 is 0 Å². The minimum Gasteiger partial charge on any atom is -0.737 e. The number of rotatable bonds is 1. The van der Waals surface area contributed by atoms with Gasteiger partial charge in [-0.25, -0.2) is 0 Å². The number of aromatic hydroxyl groups is 1. The molecule has 52 valence electrons. The molecule has 0 saturated heterocycles. The van der Waals surface area contributed by atoms with Crippen molar-refractivity contribution in [1.29, 1.82) is 0 Å². The molecule has 1 aromatic rings. The maximum absolute atomic E-state index is 10.5. The number of hydrogen-bond acceptors (Lipinski definition) is 3. The highest BCUT2D eigenvalue weighted by molar-refractivity contribution is 7.77. The van der Waals surface area contributed by atoms with E-state index < -0.39 is 5.12 Å². The number of carbonyl (C=O) groups is 1. The van der Waals surface area contributed by atoms with Crippen LogP contribution in [-0.4, -0.2) is 10.2 Å². The largest absolute Gasteiger partial charge is 0.737 e. The quantitative estimate of drug-likeness (QED) is 0.613. The molecule has 0 saturated carbocycles. The van der Waals surface area contributed by atoms with Crippen molar-refractivity contribution in [2.24, 2.45) is 0 Å². The van der Waals surface area contributed by atoms with Gasteiger partial charge in [-0.3, -0.25) is 0 Å². The molecule has 0 radical (unpaired) electrons. The Hall–Kier alpha value is -1.09. The minimum atomic E-state index is -0.403. The zero-order valence-corrected chi connectivity index (χ0v) is 5.89. The van der Waals surface area contributed by atoms with E-state index in [-0.39, 0.29) is 5.75 Å². The molecular formula is C7H5O2S-. The first-order chi connectivity index (χ1) is 4.70. The van der Waals surface area contributed by atoms with Crippen molar-refractivity contribution in [1.82, 2.24) is 0 Å². The zero-order chi connectivity index (χ0) is 7.56. The smallest absolute Gasteiger partial charge is 0.115 e. The van der Waals surface area contributed by atoms with Gasteiger partial charge in [-0.2, -0.15) is 0 Å². The third-order valence-electron chi connectivity index (χ3n) is 1.10. The molecule has 0 atom stereocenters. The summed E-state index contributed by atoms with van der Waals surface area (Å²) < 4.78 is 0. The summed E-state index contributed by atoms with van der Waals surface area (Å²) in [6, 6.07) is 5.84. The lowest BCUT2D eigenvalue weighted by molar-refractivity contribution is 0.109. The first kappa shape index (κ1) is 7.02. The maximum Gasteiger partial charge on any atom is 0.115 e. The number of carbonyl (C=O) groups excluding carboxylic acids is 1. The third-order valence-corrected chi connectivity index (χ3v) is 1.34. The second kappa shape index (κ2) is 2.66. The second-order valence-corrected chi connectivity index (χ2v) is 2.21. The number of phenolic OH excluding ortho intramolecular Hbond substituents is 1. The number of benzene rings is 1. The molecule has 2 nitrogen and oxygen atoms in total. The Morgan fingerprint density at radius 3 is 2.20 bits per heavy atom. The van der Waals surface area contributed by atoms with Gasteiger partial charge in [0, 0.05) is 5.12 Å². The molecule has 1 aromatic carbocycles. The van der Waals surface area contributed by atoms with Crippen LogP contribution in [0.5, 0.6) is 5.75 Å².